The fraction of sp³-hybridized carbons (Fsp3) is 0.154. The average Bonchev–Trinajstić information content (AvgIpc) is 2.36. The largest absolute Gasteiger partial charge is 0.573 e. The van der Waals surface area contributed by atoms with Crippen molar-refractivity contribution in [3.05, 3.63) is 40.5 Å². The van der Waals surface area contributed by atoms with E-state index in [0.717, 1.165) is 5.56 Å². The van der Waals surface area contributed by atoms with Crippen LogP contribution in [0.15, 0.2) is 34.9 Å². The Bertz CT molecular complexity index is 662. The van der Waals surface area contributed by atoms with Crippen molar-refractivity contribution >= 4 is 33.1 Å². The van der Waals surface area contributed by atoms with Gasteiger partial charge in [-0.25, -0.2) is 4.98 Å². The Balaban J connectivity index is 2.37. The van der Waals surface area contributed by atoms with E-state index >= 15 is 0 Å². The molecule has 0 spiro atoms. The van der Waals surface area contributed by atoms with Crippen molar-refractivity contribution in [1.82, 2.24) is 4.98 Å². The maximum atomic E-state index is 12.4. The molecule has 0 radical (unpaired) electrons. The first-order chi connectivity index (χ1) is 9.76. The number of nitrogen functional groups attached to an aromatic ring is 1. The second kappa shape index (κ2) is 5.80. The third-order valence-electron chi connectivity index (χ3n) is 2.63. The van der Waals surface area contributed by atoms with Gasteiger partial charge in [0, 0.05) is 10.7 Å². The van der Waals surface area contributed by atoms with Gasteiger partial charge in [-0.05, 0) is 36.8 Å². The fourth-order valence-corrected chi connectivity index (χ4v) is 1.95. The van der Waals surface area contributed by atoms with Crippen LogP contribution in [-0.2, 0) is 0 Å². The number of anilines is 3. The Morgan fingerprint density at radius 1 is 1.29 bits per heavy atom. The third kappa shape index (κ3) is 4.01. The van der Waals surface area contributed by atoms with E-state index in [1.807, 2.05) is 0 Å². The normalized spacial score (nSPS) is 11.3. The summed E-state index contributed by atoms with van der Waals surface area (Å²) in [5, 5.41) is 2.75. The van der Waals surface area contributed by atoms with Crippen LogP contribution < -0.4 is 15.8 Å². The lowest BCUT2D eigenvalue weighted by Gasteiger charge is -2.16. The highest BCUT2D eigenvalue weighted by Gasteiger charge is 2.32. The number of alkyl halides is 3. The second-order valence-corrected chi connectivity index (χ2v) is 5.12. The van der Waals surface area contributed by atoms with E-state index in [-0.39, 0.29) is 17.3 Å². The SMILES string of the molecule is Cc1ccnc(Nc2ccc(Br)cc2OC(F)(F)F)c1N. The molecule has 1 aromatic heterocycles. The van der Waals surface area contributed by atoms with Crippen molar-refractivity contribution in [3.63, 3.8) is 0 Å². The maximum absolute atomic E-state index is 12.4. The Hall–Kier alpha value is -1.96. The molecule has 2 rings (SSSR count). The van der Waals surface area contributed by atoms with Gasteiger partial charge in [0.25, 0.3) is 0 Å². The van der Waals surface area contributed by atoms with Gasteiger partial charge in [0.15, 0.2) is 11.6 Å². The van der Waals surface area contributed by atoms with E-state index < -0.39 is 6.36 Å². The Morgan fingerprint density at radius 3 is 2.67 bits per heavy atom. The van der Waals surface area contributed by atoms with Crippen LogP contribution in [0.3, 0.4) is 0 Å². The van der Waals surface area contributed by atoms with Crippen LogP contribution in [0.25, 0.3) is 0 Å². The van der Waals surface area contributed by atoms with Crippen molar-refractivity contribution in [1.29, 1.82) is 0 Å². The molecule has 1 aromatic carbocycles. The number of nitrogens with one attached hydrogen (secondary N) is 1. The summed E-state index contributed by atoms with van der Waals surface area (Å²) in [6.07, 6.45) is -3.28. The monoisotopic (exact) mass is 361 g/mol. The minimum absolute atomic E-state index is 0.111. The number of nitrogens with two attached hydrogens (primary N) is 1. The van der Waals surface area contributed by atoms with E-state index in [9.17, 15) is 13.2 Å². The molecular weight excluding hydrogens is 351 g/mol. The molecule has 2 aromatic rings. The average molecular weight is 362 g/mol. The Labute approximate surface area is 127 Å². The van der Waals surface area contributed by atoms with Crippen molar-refractivity contribution in [2.75, 3.05) is 11.1 Å². The smallest absolute Gasteiger partial charge is 0.404 e. The number of aromatic nitrogens is 1. The number of aryl methyl sites for hydroxylation is 1. The zero-order chi connectivity index (χ0) is 15.6. The highest BCUT2D eigenvalue weighted by atomic mass is 79.9. The van der Waals surface area contributed by atoms with Crippen molar-refractivity contribution in [3.8, 4) is 5.75 Å². The van der Waals surface area contributed by atoms with Crippen LogP contribution in [0.5, 0.6) is 5.75 Å². The number of rotatable bonds is 3. The van der Waals surface area contributed by atoms with Crippen LogP contribution in [0.2, 0.25) is 0 Å². The maximum Gasteiger partial charge on any atom is 0.573 e. The first-order valence-electron chi connectivity index (χ1n) is 5.79. The third-order valence-corrected chi connectivity index (χ3v) is 3.12. The lowest BCUT2D eigenvalue weighted by Crippen LogP contribution is -2.18. The molecule has 0 unspecified atom stereocenters. The summed E-state index contributed by atoms with van der Waals surface area (Å²) in [6, 6.07) is 5.93. The molecule has 8 heteroatoms. The molecule has 0 saturated heterocycles. The van der Waals surface area contributed by atoms with Crippen LogP contribution in [0, 0.1) is 6.92 Å². The first kappa shape index (κ1) is 15.4. The lowest BCUT2D eigenvalue weighted by molar-refractivity contribution is -0.274. The minimum atomic E-state index is -4.79. The summed E-state index contributed by atoms with van der Waals surface area (Å²) in [7, 11) is 0. The summed E-state index contributed by atoms with van der Waals surface area (Å²) < 4.78 is 41.7. The molecule has 0 amide bonds. The number of hydrogen-bond donors (Lipinski definition) is 2. The molecular formula is C13H11BrF3N3O. The Kier molecular flexibility index (Phi) is 4.26. The van der Waals surface area contributed by atoms with Gasteiger partial charge in [-0.1, -0.05) is 15.9 Å². The van der Waals surface area contributed by atoms with Crippen LogP contribution >= 0.6 is 15.9 Å². The number of nitrogens with zero attached hydrogens (tertiary/aromatic N) is 1. The summed E-state index contributed by atoms with van der Waals surface area (Å²) in [6.45, 7) is 1.77. The highest BCUT2D eigenvalue weighted by molar-refractivity contribution is 9.10. The standard InChI is InChI=1S/C13H11BrF3N3O/c1-7-4-5-19-12(11(7)18)20-9-3-2-8(14)6-10(9)21-13(15,16)17/h2-6H,18H2,1H3,(H,19,20). The van der Waals surface area contributed by atoms with Gasteiger partial charge >= 0.3 is 6.36 Å². The summed E-state index contributed by atoms with van der Waals surface area (Å²) in [5.41, 5.74) is 7.08. The quantitative estimate of drug-likeness (QED) is 0.851. The molecule has 4 nitrogen and oxygen atoms in total. The van der Waals surface area contributed by atoms with Crippen LogP contribution in [0.4, 0.5) is 30.4 Å². The van der Waals surface area contributed by atoms with E-state index in [1.54, 1.807) is 19.1 Å². The van der Waals surface area contributed by atoms with E-state index in [1.165, 1.54) is 18.3 Å². The van der Waals surface area contributed by atoms with Gasteiger partial charge in [-0.15, -0.1) is 13.2 Å². The second-order valence-electron chi connectivity index (χ2n) is 4.20. The van der Waals surface area contributed by atoms with Gasteiger partial charge in [0.1, 0.15) is 0 Å². The molecule has 3 N–H and O–H groups in total. The number of hydrogen-bond acceptors (Lipinski definition) is 4. The van der Waals surface area contributed by atoms with Gasteiger partial charge < -0.3 is 15.8 Å². The zero-order valence-electron chi connectivity index (χ0n) is 10.8. The molecule has 112 valence electrons. The van der Waals surface area contributed by atoms with E-state index in [2.05, 4.69) is 31.0 Å². The molecule has 0 atom stereocenters. The molecule has 0 aliphatic rings. The summed E-state index contributed by atoms with van der Waals surface area (Å²) in [4.78, 5) is 4.01. The molecule has 0 saturated carbocycles. The number of pyridine rings is 1. The molecule has 0 bridgehead atoms. The molecule has 0 fully saturated rings. The predicted octanol–water partition coefficient (Wildman–Crippen LogP) is 4.38. The molecule has 0 aliphatic heterocycles. The van der Waals surface area contributed by atoms with E-state index in [4.69, 9.17) is 5.73 Å². The molecule has 0 aliphatic carbocycles. The fourth-order valence-electron chi connectivity index (χ4n) is 1.61. The molecule has 21 heavy (non-hydrogen) atoms. The van der Waals surface area contributed by atoms with Gasteiger partial charge in [-0.3, -0.25) is 0 Å². The number of ether oxygens (including phenoxy) is 1. The van der Waals surface area contributed by atoms with Crippen molar-refractivity contribution in [2.24, 2.45) is 0 Å². The zero-order valence-corrected chi connectivity index (χ0v) is 12.4. The molecule has 1 heterocycles. The van der Waals surface area contributed by atoms with Gasteiger partial charge in [0.05, 0.1) is 11.4 Å². The van der Waals surface area contributed by atoms with Crippen LogP contribution in [-0.4, -0.2) is 11.3 Å². The van der Waals surface area contributed by atoms with Gasteiger partial charge in [-0.2, -0.15) is 0 Å². The van der Waals surface area contributed by atoms with Crippen LogP contribution in [0.1, 0.15) is 5.56 Å². The first-order valence-corrected chi connectivity index (χ1v) is 6.59. The van der Waals surface area contributed by atoms with Gasteiger partial charge in [0.2, 0.25) is 0 Å². The number of halogens is 4. The number of benzene rings is 1. The van der Waals surface area contributed by atoms with Crippen molar-refractivity contribution < 1.29 is 17.9 Å². The predicted molar refractivity (Wildman–Crippen MR) is 77.5 cm³/mol. The Morgan fingerprint density at radius 2 is 2.00 bits per heavy atom. The van der Waals surface area contributed by atoms with Crippen molar-refractivity contribution in [2.45, 2.75) is 13.3 Å². The minimum Gasteiger partial charge on any atom is -0.404 e. The summed E-state index contributed by atoms with van der Waals surface area (Å²) >= 11 is 3.10. The topological polar surface area (TPSA) is 60.2 Å². The summed E-state index contributed by atoms with van der Waals surface area (Å²) in [5.74, 6) is -0.107. The highest BCUT2D eigenvalue weighted by Crippen LogP contribution is 2.35. The lowest BCUT2D eigenvalue weighted by atomic mass is 10.2. The van der Waals surface area contributed by atoms with E-state index in [0.29, 0.717) is 10.2 Å².